The zero-order valence-electron chi connectivity index (χ0n) is 12.3. The Bertz CT molecular complexity index is 680. The average Bonchev–Trinajstić information content (AvgIpc) is 2.53. The van der Waals surface area contributed by atoms with E-state index in [1.165, 1.54) is 18.5 Å². The first-order chi connectivity index (χ1) is 11.1. The lowest BCUT2D eigenvalue weighted by molar-refractivity contribution is -0.116. The van der Waals surface area contributed by atoms with Crippen LogP contribution < -0.4 is 10.1 Å². The normalized spacial score (nSPS) is 10.4. The van der Waals surface area contributed by atoms with Gasteiger partial charge < -0.3 is 15.2 Å². The first kappa shape index (κ1) is 16.8. The highest BCUT2D eigenvalue weighted by atomic mass is 19.1. The van der Waals surface area contributed by atoms with E-state index in [1.54, 1.807) is 6.07 Å². The van der Waals surface area contributed by atoms with Crippen molar-refractivity contribution in [2.75, 3.05) is 11.9 Å². The summed E-state index contributed by atoms with van der Waals surface area (Å²) in [5, 5.41) is 11.8. The Hall–Kier alpha value is -2.54. The van der Waals surface area contributed by atoms with Crippen LogP contribution in [-0.2, 0) is 11.4 Å². The zero-order chi connectivity index (χ0) is 16.7. The number of aliphatic hydroxyl groups excluding tert-OH is 1. The number of amides is 1. The third-order valence-corrected chi connectivity index (χ3v) is 3.06. The van der Waals surface area contributed by atoms with Crippen molar-refractivity contribution in [2.45, 2.75) is 19.4 Å². The fourth-order valence-corrected chi connectivity index (χ4v) is 1.89. The van der Waals surface area contributed by atoms with Gasteiger partial charge in [0.2, 0.25) is 5.91 Å². The molecule has 5 nitrogen and oxygen atoms in total. The minimum atomic E-state index is -0.780. The van der Waals surface area contributed by atoms with E-state index in [4.69, 9.17) is 9.84 Å². The Morgan fingerprint density at radius 3 is 2.87 bits per heavy atom. The van der Waals surface area contributed by atoms with Crippen LogP contribution in [0.3, 0.4) is 0 Å². The van der Waals surface area contributed by atoms with Crippen molar-refractivity contribution in [3.05, 3.63) is 53.9 Å². The maximum Gasteiger partial charge on any atom is 0.224 e. The summed E-state index contributed by atoms with van der Waals surface area (Å²) in [7, 11) is 0. The van der Waals surface area contributed by atoms with E-state index in [0.29, 0.717) is 17.7 Å². The highest BCUT2D eigenvalue weighted by Gasteiger charge is 2.08. The second kappa shape index (κ2) is 8.19. The lowest BCUT2D eigenvalue weighted by atomic mass is 10.2. The second-order valence-electron chi connectivity index (χ2n) is 4.77. The summed E-state index contributed by atoms with van der Waals surface area (Å²) in [5.41, 5.74) is 1.02. The van der Waals surface area contributed by atoms with Gasteiger partial charge >= 0.3 is 0 Å². The molecule has 1 aromatic carbocycles. The molecule has 1 heterocycles. The molecule has 7 heteroatoms. The van der Waals surface area contributed by atoms with Crippen molar-refractivity contribution >= 4 is 11.6 Å². The number of halogens is 2. The van der Waals surface area contributed by atoms with Crippen LogP contribution in [-0.4, -0.2) is 22.6 Å². The number of carbonyl (C=O) groups excluding carboxylic acids is 1. The van der Waals surface area contributed by atoms with Gasteiger partial charge in [-0.05, 0) is 24.6 Å². The van der Waals surface area contributed by atoms with E-state index in [1.807, 2.05) is 0 Å². The molecule has 0 aliphatic heterocycles. The number of nitrogens with zero attached hydrogens (tertiary/aromatic N) is 1. The molecular formula is C16H16F2N2O3. The summed E-state index contributed by atoms with van der Waals surface area (Å²) in [6.07, 6.45) is 3.49. The first-order valence-electron chi connectivity index (χ1n) is 7.01. The van der Waals surface area contributed by atoms with Crippen LogP contribution >= 0.6 is 0 Å². The van der Waals surface area contributed by atoms with Gasteiger partial charge in [0.15, 0.2) is 11.6 Å². The van der Waals surface area contributed by atoms with Crippen LogP contribution in [0.4, 0.5) is 14.5 Å². The van der Waals surface area contributed by atoms with E-state index in [-0.39, 0.29) is 31.3 Å². The standard InChI is InChI=1S/C16H16F2N2O3/c17-12-3-4-15(13(18)8-12)23-7-1-2-16(22)20-14-9-19-6-5-11(14)10-21/h3-6,8-9,21H,1-2,7,10H2,(H,20,22). The summed E-state index contributed by atoms with van der Waals surface area (Å²) in [4.78, 5) is 15.7. The fraction of sp³-hybridized carbons (Fsp3) is 0.250. The second-order valence-corrected chi connectivity index (χ2v) is 4.77. The van der Waals surface area contributed by atoms with Crippen LogP contribution in [0.1, 0.15) is 18.4 Å². The van der Waals surface area contributed by atoms with Crippen LogP contribution in [0.2, 0.25) is 0 Å². The third-order valence-electron chi connectivity index (χ3n) is 3.06. The lowest BCUT2D eigenvalue weighted by Gasteiger charge is -2.09. The monoisotopic (exact) mass is 322 g/mol. The Morgan fingerprint density at radius 1 is 1.30 bits per heavy atom. The quantitative estimate of drug-likeness (QED) is 0.769. The summed E-state index contributed by atoms with van der Waals surface area (Å²) < 4.78 is 31.2. The number of ether oxygens (including phenoxy) is 1. The van der Waals surface area contributed by atoms with Gasteiger partial charge in [-0.2, -0.15) is 0 Å². The van der Waals surface area contributed by atoms with Crippen molar-refractivity contribution in [1.82, 2.24) is 4.98 Å². The lowest BCUT2D eigenvalue weighted by Crippen LogP contribution is -2.14. The molecule has 2 N–H and O–H groups in total. The van der Waals surface area contributed by atoms with Crippen molar-refractivity contribution in [3.63, 3.8) is 0 Å². The van der Waals surface area contributed by atoms with Gasteiger partial charge in [0.05, 0.1) is 25.1 Å². The molecule has 1 amide bonds. The highest BCUT2D eigenvalue weighted by molar-refractivity contribution is 5.91. The van der Waals surface area contributed by atoms with Crippen LogP contribution in [0.15, 0.2) is 36.7 Å². The number of pyridine rings is 1. The number of nitrogens with one attached hydrogen (secondary N) is 1. The maximum atomic E-state index is 13.3. The van der Waals surface area contributed by atoms with E-state index in [9.17, 15) is 13.6 Å². The average molecular weight is 322 g/mol. The molecule has 2 rings (SSSR count). The summed E-state index contributed by atoms with van der Waals surface area (Å²) in [5.74, 6) is -1.78. The molecule has 122 valence electrons. The van der Waals surface area contributed by atoms with Gasteiger partial charge in [-0.1, -0.05) is 0 Å². The van der Waals surface area contributed by atoms with E-state index in [0.717, 1.165) is 12.1 Å². The molecule has 0 aliphatic carbocycles. The molecule has 0 aliphatic rings. The molecule has 0 saturated carbocycles. The summed E-state index contributed by atoms with van der Waals surface area (Å²) in [6.45, 7) is -0.0824. The predicted octanol–water partition coefficient (Wildman–Crippen LogP) is 2.65. The van der Waals surface area contributed by atoms with Crippen molar-refractivity contribution in [2.24, 2.45) is 0 Å². The highest BCUT2D eigenvalue weighted by Crippen LogP contribution is 2.18. The summed E-state index contributed by atoms with van der Waals surface area (Å²) in [6, 6.07) is 4.65. The van der Waals surface area contributed by atoms with Crippen LogP contribution in [0.5, 0.6) is 5.75 Å². The molecule has 0 bridgehead atoms. The number of hydrogen-bond acceptors (Lipinski definition) is 4. The smallest absolute Gasteiger partial charge is 0.224 e. The molecule has 0 spiro atoms. The fourth-order valence-electron chi connectivity index (χ4n) is 1.89. The Labute approximate surface area is 131 Å². The minimum Gasteiger partial charge on any atom is -0.491 e. The molecule has 2 aromatic rings. The number of hydrogen-bond donors (Lipinski definition) is 2. The molecule has 0 atom stereocenters. The van der Waals surface area contributed by atoms with E-state index in [2.05, 4.69) is 10.3 Å². The molecule has 23 heavy (non-hydrogen) atoms. The maximum absolute atomic E-state index is 13.3. The van der Waals surface area contributed by atoms with Crippen molar-refractivity contribution in [1.29, 1.82) is 0 Å². The van der Waals surface area contributed by atoms with E-state index < -0.39 is 11.6 Å². The SMILES string of the molecule is O=C(CCCOc1ccc(F)cc1F)Nc1cnccc1CO. The Kier molecular flexibility index (Phi) is 5.99. The number of aromatic nitrogens is 1. The first-order valence-corrected chi connectivity index (χ1v) is 7.01. The van der Waals surface area contributed by atoms with E-state index >= 15 is 0 Å². The number of carbonyl (C=O) groups is 1. The number of anilines is 1. The third kappa shape index (κ3) is 5.00. The van der Waals surface area contributed by atoms with Gasteiger partial charge in [0, 0.05) is 24.2 Å². The van der Waals surface area contributed by atoms with Gasteiger partial charge in [-0.15, -0.1) is 0 Å². The Morgan fingerprint density at radius 2 is 2.13 bits per heavy atom. The number of rotatable bonds is 7. The zero-order valence-corrected chi connectivity index (χ0v) is 12.3. The Balaban J connectivity index is 1.76. The summed E-state index contributed by atoms with van der Waals surface area (Å²) >= 11 is 0. The number of aliphatic hydroxyl groups is 1. The topological polar surface area (TPSA) is 71.5 Å². The van der Waals surface area contributed by atoms with Gasteiger partial charge in [0.1, 0.15) is 5.82 Å². The van der Waals surface area contributed by atoms with Gasteiger partial charge in [0.25, 0.3) is 0 Å². The van der Waals surface area contributed by atoms with Crippen LogP contribution in [0.25, 0.3) is 0 Å². The van der Waals surface area contributed by atoms with Crippen LogP contribution in [0, 0.1) is 11.6 Å². The minimum absolute atomic E-state index is 0.0540. The predicted molar refractivity (Wildman–Crippen MR) is 79.9 cm³/mol. The molecule has 1 aromatic heterocycles. The molecule has 0 fully saturated rings. The number of benzene rings is 1. The van der Waals surface area contributed by atoms with Gasteiger partial charge in [-0.25, -0.2) is 8.78 Å². The molecular weight excluding hydrogens is 306 g/mol. The molecule has 0 radical (unpaired) electrons. The van der Waals surface area contributed by atoms with Crippen molar-refractivity contribution in [3.8, 4) is 5.75 Å². The van der Waals surface area contributed by atoms with Crippen molar-refractivity contribution < 1.29 is 23.4 Å². The largest absolute Gasteiger partial charge is 0.491 e. The molecule has 0 unspecified atom stereocenters. The van der Waals surface area contributed by atoms with Gasteiger partial charge in [-0.3, -0.25) is 9.78 Å². The molecule has 0 saturated heterocycles.